The molecule has 6 nitrogen and oxygen atoms in total. The first-order chi connectivity index (χ1) is 10.7. The number of nitrogens with two attached hydrogens (primary N) is 1. The van der Waals surface area contributed by atoms with Crippen molar-refractivity contribution >= 4 is 17.2 Å². The Bertz CT molecular complexity index is 781. The highest BCUT2D eigenvalue weighted by atomic mass is 16.5. The van der Waals surface area contributed by atoms with Crippen molar-refractivity contribution in [1.82, 2.24) is 10.2 Å². The molecule has 3 aromatic rings. The second-order valence-corrected chi connectivity index (χ2v) is 4.80. The molecule has 0 aliphatic rings. The molecule has 112 valence electrons. The minimum absolute atomic E-state index is 0.145. The molecule has 1 aromatic heterocycles. The summed E-state index contributed by atoms with van der Waals surface area (Å²) in [5, 5.41) is 19.8. The van der Waals surface area contributed by atoms with E-state index in [9.17, 15) is 5.11 Å². The number of phenols is 1. The Balaban J connectivity index is 1.84. The van der Waals surface area contributed by atoms with Crippen LogP contribution in [0.2, 0.25) is 0 Å². The Morgan fingerprint density at radius 3 is 2.64 bits per heavy atom. The number of nitrogens with one attached hydrogen (secondary N) is 2. The molecule has 0 aliphatic heterocycles. The van der Waals surface area contributed by atoms with Gasteiger partial charge in [-0.2, -0.15) is 5.10 Å². The van der Waals surface area contributed by atoms with Crippen molar-refractivity contribution in [3.8, 4) is 22.8 Å². The van der Waals surface area contributed by atoms with Crippen LogP contribution in [-0.2, 0) is 0 Å². The second kappa shape index (κ2) is 5.69. The fourth-order valence-corrected chi connectivity index (χ4v) is 2.12. The number of phenolic OH excluding ortho intramolecular Hbond substituents is 1. The fourth-order valence-electron chi connectivity index (χ4n) is 2.12. The molecule has 0 aliphatic carbocycles. The number of hydrogen-bond donors (Lipinski definition) is 4. The van der Waals surface area contributed by atoms with Crippen LogP contribution in [0.5, 0.6) is 11.5 Å². The van der Waals surface area contributed by atoms with Crippen molar-refractivity contribution in [2.45, 2.75) is 0 Å². The average molecular weight is 296 g/mol. The highest BCUT2D eigenvalue weighted by molar-refractivity contribution is 5.70. The number of rotatable bonds is 4. The zero-order chi connectivity index (χ0) is 15.5. The van der Waals surface area contributed by atoms with Gasteiger partial charge in [-0.15, -0.1) is 0 Å². The van der Waals surface area contributed by atoms with Gasteiger partial charge in [0.25, 0.3) is 0 Å². The number of nitrogens with zero attached hydrogens (tertiary/aromatic N) is 1. The molecule has 0 spiro atoms. The molecule has 2 aromatic carbocycles. The van der Waals surface area contributed by atoms with Crippen LogP contribution >= 0.6 is 0 Å². The van der Waals surface area contributed by atoms with E-state index in [-0.39, 0.29) is 5.75 Å². The van der Waals surface area contributed by atoms with Crippen LogP contribution in [0.15, 0.2) is 48.5 Å². The van der Waals surface area contributed by atoms with Crippen LogP contribution in [-0.4, -0.2) is 22.4 Å². The van der Waals surface area contributed by atoms with Gasteiger partial charge in [0, 0.05) is 17.8 Å². The number of nitrogen functional groups attached to an aromatic ring is 1. The number of anilines is 3. The van der Waals surface area contributed by atoms with Gasteiger partial charge in [0.1, 0.15) is 11.5 Å². The van der Waals surface area contributed by atoms with Crippen LogP contribution in [0, 0.1) is 0 Å². The van der Waals surface area contributed by atoms with Crippen molar-refractivity contribution in [1.29, 1.82) is 0 Å². The van der Waals surface area contributed by atoms with E-state index in [4.69, 9.17) is 10.5 Å². The SMILES string of the molecule is COc1cc(O)ccc1Nc1cc(-c2ccc(N)cc2)[nH]n1. The lowest BCUT2D eigenvalue weighted by molar-refractivity contribution is 0.409. The molecule has 6 heteroatoms. The molecule has 0 bridgehead atoms. The topological polar surface area (TPSA) is 96.2 Å². The van der Waals surface area contributed by atoms with Crippen molar-refractivity contribution in [3.63, 3.8) is 0 Å². The summed E-state index contributed by atoms with van der Waals surface area (Å²) in [5.41, 5.74) is 8.99. The predicted molar refractivity (Wildman–Crippen MR) is 86.4 cm³/mol. The molecule has 0 saturated carbocycles. The zero-order valence-electron chi connectivity index (χ0n) is 12.0. The van der Waals surface area contributed by atoms with Crippen LogP contribution in [0.4, 0.5) is 17.2 Å². The first-order valence-corrected chi connectivity index (χ1v) is 6.71. The van der Waals surface area contributed by atoms with E-state index < -0.39 is 0 Å². The molecular weight excluding hydrogens is 280 g/mol. The third kappa shape index (κ3) is 2.80. The Kier molecular flexibility index (Phi) is 3.57. The molecule has 0 atom stereocenters. The number of ether oxygens (including phenoxy) is 1. The number of hydrogen-bond acceptors (Lipinski definition) is 5. The molecule has 3 rings (SSSR count). The summed E-state index contributed by atoms with van der Waals surface area (Å²) < 4.78 is 5.23. The minimum atomic E-state index is 0.145. The fraction of sp³-hybridized carbons (Fsp3) is 0.0625. The summed E-state index contributed by atoms with van der Waals surface area (Å²) in [6.45, 7) is 0. The van der Waals surface area contributed by atoms with Gasteiger partial charge in [0.15, 0.2) is 5.82 Å². The zero-order valence-corrected chi connectivity index (χ0v) is 12.0. The van der Waals surface area contributed by atoms with Crippen molar-refractivity contribution in [2.75, 3.05) is 18.2 Å². The van der Waals surface area contributed by atoms with E-state index in [1.54, 1.807) is 19.2 Å². The number of aromatic amines is 1. The van der Waals surface area contributed by atoms with Crippen LogP contribution in [0.25, 0.3) is 11.3 Å². The van der Waals surface area contributed by atoms with E-state index in [0.717, 1.165) is 22.6 Å². The van der Waals surface area contributed by atoms with E-state index in [1.807, 2.05) is 30.3 Å². The summed E-state index contributed by atoms with van der Waals surface area (Å²) in [5.74, 6) is 1.33. The van der Waals surface area contributed by atoms with Gasteiger partial charge < -0.3 is 20.9 Å². The van der Waals surface area contributed by atoms with Crippen LogP contribution < -0.4 is 15.8 Å². The maximum Gasteiger partial charge on any atom is 0.152 e. The molecule has 0 fully saturated rings. The maximum atomic E-state index is 9.47. The number of methoxy groups -OCH3 is 1. The Hall–Kier alpha value is -3.15. The monoisotopic (exact) mass is 296 g/mol. The summed E-state index contributed by atoms with van der Waals surface area (Å²) in [6, 6.07) is 14.3. The molecule has 0 saturated heterocycles. The number of aromatic hydroxyl groups is 1. The summed E-state index contributed by atoms with van der Waals surface area (Å²) in [7, 11) is 1.55. The van der Waals surface area contributed by atoms with Crippen LogP contribution in [0.3, 0.4) is 0 Å². The Morgan fingerprint density at radius 2 is 1.91 bits per heavy atom. The largest absolute Gasteiger partial charge is 0.508 e. The lowest BCUT2D eigenvalue weighted by Gasteiger charge is -2.09. The lowest BCUT2D eigenvalue weighted by Crippen LogP contribution is -1.94. The van der Waals surface area contributed by atoms with Crippen molar-refractivity contribution < 1.29 is 9.84 Å². The van der Waals surface area contributed by atoms with Crippen LogP contribution in [0.1, 0.15) is 0 Å². The van der Waals surface area contributed by atoms with Gasteiger partial charge >= 0.3 is 0 Å². The Labute approximate surface area is 127 Å². The molecular formula is C16H16N4O2. The van der Waals surface area contributed by atoms with Gasteiger partial charge in [0.2, 0.25) is 0 Å². The summed E-state index contributed by atoms with van der Waals surface area (Å²) in [6.07, 6.45) is 0. The normalized spacial score (nSPS) is 10.4. The molecule has 0 amide bonds. The molecule has 22 heavy (non-hydrogen) atoms. The van der Waals surface area contributed by atoms with Crippen molar-refractivity contribution in [2.24, 2.45) is 0 Å². The number of H-pyrrole nitrogens is 1. The van der Waals surface area contributed by atoms with Gasteiger partial charge in [-0.3, -0.25) is 5.10 Å². The molecule has 0 unspecified atom stereocenters. The third-order valence-corrected chi connectivity index (χ3v) is 3.25. The number of aromatic nitrogens is 2. The van der Waals surface area contributed by atoms with Crippen molar-refractivity contribution in [3.05, 3.63) is 48.5 Å². The van der Waals surface area contributed by atoms with Gasteiger partial charge in [-0.05, 0) is 29.8 Å². The third-order valence-electron chi connectivity index (χ3n) is 3.25. The molecule has 0 radical (unpaired) electrons. The second-order valence-electron chi connectivity index (χ2n) is 4.80. The minimum Gasteiger partial charge on any atom is -0.508 e. The number of benzene rings is 2. The summed E-state index contributed by atoms with van der Waals surface area (Å²) in [4.78, 5) is 0. The first kappa shape index (κ1) is 13.8. The highest BCUT2D eigenvalue weighted by Gasteiger charge is 2.08. The van der Waals surface area contributed by atoms with E-state index >= 15 is 0 Å². The quantitative estimate of drug-likeness (QED) is 0.438. The highest BCUT2D eigenvalue weighted by Crippen LogP contribution is 2.31. The average Bonchev–Trinajstić information content (AvgIpc) is 2.98. The van der Waals surface area contributed by atoms with E-state index in [0.29, 0.717) is 11.6 Å². The predicted octanol–water partition coefficient (Wildman–Crippen LogP) is 3.12. The Morgan fingerprint density at radius 1 is 1.14 bits per heavy atom. The van der Waals surface area contributed by atoms with E-state index in [2.05, 4.69) is 15.5 Å². The van der Waals surface area contributed by atoms with E-state index in [1.165, 1.54) is 6.07 Å². The smallest absolute Gasteiger partial charge is 0.152 e. The lowest BCUT2D eigenvalue weighted by atomic mass is 10.1. The maximum absolute atomic E-state index is 9.47. The van der Waals surface area contributed by atoms with Gasteiger partial charge in [-0.1, -0.05) is 12.1 Å². The van der Waals surface area contributed by atoms with Gasteiger partial charge in [-0.25, -0.2) is 0 Å². The first-order valence-electron chi connectivity index (χ1n) is 6.71. The van der Waals surface area contributed by atoms with Gasteiger partial charge in [0.05, 0.1) is 18.5 Å². The molecule has 1 heterocycles. The standard InChI is InChI=1S/C16H16N4O2/c1-22-15-8-12(21)6-7-13(15)18-16-9-14(19-20-16)10-2-4-11(17)5-3-10/h2-9,21H,17H2,1H3,(H2,18,19,20). The molecule has 5 N–H and O–H groups in total. The summed E-state index contributed by atoms with van der Waals surface area (Å²) >= 11 is 0.